The lowest BCUT2D eigenvalue weighted by Gasteiger charge is -2.13. The van der Waals surface area contributed by atoms with Gasteiger partial charge in [-0.25, -0.2) is 0 Å². The van der Waals surface area contributed by atoms with Crippen LogP contribution >= 0.6 is 23.2 Å². The number of nitrogens with one attached hydrogen (secondary N) is 1. The third-order valence-corrected chi connectivity index (χ3v) is 3.61. The van der Waals surface area contributed by atoms with E-state index >= 15 is 0 Å². The van der Waals surface area contributed by atoms with Crippen molar-refractivity contribution in [1.82, 2.24) is 4.98 Å². The number of H-pyrrole nitrogens is 1. The molecule has 1 N–H and O–H groups in total. The molecule has 0 aliphatic heterocycles. The molecule has 0 aliphatic rings. The van der Waals surface area contributed by atoms with Crippen LogP contribution in [-0.2, 0) is 0 Å². The van der Waals surface area contributed by atoms with E-state index in [4.69, 9.17) is 23.2 Å². The summed E-state index contributed by atoms with van der Waals surface area (Å²) < 4.78 is 0. The van der Waals surface area contributed by atoms with Crippen LogP contribution in [0.15, 0.2) is 18.3 Å². The van der Waals surface area contributed by atoms with Gasteiger partial charge in [-0.2, -0.15) is 0 Å². The van der Waals surface area contributed by atoms with Crippen LogP contribution in [0.1, 0.15) is 38.7 Å². The van der Waals surface area contributed by atoms with E-state index in [0.29, 0.717) is 21.9 Å². The van der Waals surface area contributed by atoms with Crippen LogP contribution in [0.5, 0.6) is 0 Å². The molecule has 1 unspecified atom stereocenters. The Kier molecular flexibility index (Phi) is 3.70. The number of halogens is 2. The van der Waals surface area contributed by atoms with Crippen molar-refractivity contribution in [3.8, 4) is 0 Å². The third-order valence-electron chi connectivity index (χ3n) is 3.09. The normalized spacial score (nSPS) is 13.5. The summed E-state index contributed by atoms with van der Waals surface area (Å²) in [7, 11) is 0. The fourth-order valence-corrected chi connectivity index (χ4v) is 2.97. The molecule has 17 heavy (non-hydrogen) atoms. The lowest BCUT2D eigenvalue weighted by atomic mass is 9.92. The lowest BCUT2D eigenvalue weighted by Crippen LogP contribution is -1.97. The second kappa shape index (κ2) is 4.91. The molecule has 0 fully saturated rings. The Morgan fingerprint density at radius 1 is 1.18 bits per heavy atom. The van der Waals surface area contributed by atoms with Gasteiger partial charge in [0.2, 0.25) is 0 Å². The Labute approximate surface area is 112 Å². The van der Waals surface area contributed by atoms with Crippen molar-refractivity contribution >= 4 is 34.1 Å². The predicted octanol–water partition coefficient (Wildman–Crippen LogP) is 5.62. The van der Waals surface area contributed by atoms with Crippen molar-refractivity contribution in [2.45, 2.75) is 33.1 Å². The van der Waals surface area contributed by atoms with E-state index in [-0.39, 0.29) is 0 Å². The van der Waals surface area contributed by atoms with Crippen molar-refractivity contribution in [1.29, 1.82) is 0 Å². The number of benzene rings is 1. The minimum Gasteiger partial charge on any atom is -0.360 e. The Balaban J connectivity index is 2.48. The quantitative estimate of drug-likeness (QED) is 0.744. The fourth-order valence-electron chi connectivity index (χ4n) is 2.42. The first kappa shape index (κ1) is 12.8. The monoisotopic (exact) mass is 269 g/mol. The summed E-state index contributed by atoms with van der Waals surface area (Å²) in [4.78, 5) is 3.25. The molecule has 0 amide bonds. The van der Waals surface area contributed by atoms with E-state index in [1.54, 1.807) is 6.07 Å². The molecular formula is C14H17Cl2N. The molecule has 0 spiro atoms. The van der Waals surface area contributed by atoms with Crippen molar-refractivity contribution in [2.75, 3.05) is 0 Å². The molecule has 1 aromatic carbocycles. The molecule has 3 heteroatoms. The molecule has 2 aromatic rings. The maximum Gasteiger partial charge on any atom is 0.0661 e. The molecule has 0 radical (unpaired) electrons. The highest BCUT2D eigenvalue weighted by atomic mass is 35.5. The zero-order valence-electron chi connectivity index (χ0n) is 10.3. The number of hydrogen-bond acceptors (Lipinski definition) is 0. The topological polar surface area (TPSA) is 15.8 Å². The molecular weight excluding hydrogens is 253 g/mol. The zero-order valence-corrected chi connectivity index (χ0v) is 11.9. The maximum absolute atomic E-state index is 6.17. The second-order valence-electron chi connectivity index (χ2n) is 5.08. The molecule has 1 atom stereocenters. The summed E-state index contributed by atoms with van der Waals surface area (Å²) in [5.41, 5.74) is 2.29. The van der Waals surface area contributed by atoms with Crippen molar-refractivity contribution in [2.24, 2.45) is 5.92 Å². The molecule has 0 saturated carbocycles. The van der Waals surface area contributed by atoms with Crippen LogP contribution in [0.25, 0.3) is 10.9 Å². The van der Waals surface area contributed by atoms with Crippen LogP contribution in [-0.4, -0.2) is 4.98 Å². The summed E-state index contributed by atoms with van der Waals surface area (Å²) in [6, 6.07) is 3.77. The average molecular weight is 270 g/mol. The smallest absolute Gasteiger partial charge is 0.0661 e. The highest BCUT2D eigenvalue weighted by Crippen LogP contribution is 2.34. The van der Waals surface area contributed by atoms with Gasteiger partial charge in [0, 0.05) is 16.6 Å². The van der Waals surface area contributed by atoms with Crippen molar-refractivity contribution in [3.05, 3.63) is 33.9 Å². The van der Waals surface area contributed by atoms with Crippen LogP contribution < -0.4 is 0 Å². The lowest BCUT2D eigenvalue weighted by molar-refractivity contribution is 0.525. The Hall–Kier alpha value is -0.660. The van der Waals surface area contributed by atoms with Gasteiger partial charge >= 0.3 is 0 Å². The minimum absolute atomic E-state index is 0.512. The number of hydrogen-bond donors (Lipinski definition) is 1. The Morgan fingerprint density at radius 2 is 1.88 bits per heavy atom. The Morgan fingerprint density at radius 3 is 2.53 bits per heavy atom. The SMILES string of the molecule is CC(C)CC(C)c1c[nH]c2c(Cl)cc(Cl)cc12. The van der Waals surface area contributed by atoms with Gasteiger partial charge < -0.3 is 4.98 Å². The highest BCUT2D eigenvalue weighted by Gasteiger charge is 2.14. The summed E-state index contributed by atoms with van der Waals surface area (Å²) in [5, 5.41) is 2.53. The van der Waals surface area contributed by atoms with Gasteiger partial charge in [-0.05, 0) is 36.0 Å². The minimum atomic E-state index is 0.512. The molecule has 2 rings (SSSR count). The van der Waals surface area contributed by atoms with Gasteiger partial charge in [0.25, 0.3) is 0 Å². The molecule has 92 valence electrons. The largest absolute Gasteiger partial charge is 0.360 e. The van der Waals surface area contributed by atoms with Crippen LogP contribution in [0, 0.1) is 5.92 Å². The highest BCUT2D eigenvalue weighted by molar-refractivity contribution is 6.38. The van der Waals surface area contributed by atoms with Gasteiger partial charge in [-0.1, -0.05) is 44.0 Å². The number of fused-ring (bicyclic) bond motifs is 1. The molecule has 0 bridgehead atoms. The van der Waals surface area contributed by atoms with Crippen molar-refractivity contribution in [3.63, 3.8) is 0 Å². The fraction of sp³-hybridized carbons (Fsp3) is 0.429. The van der Waals surface area contributed by atoms with Gasteiger partial charge in [-0.15, -0.1) is 0 Å². The van der Waals surface area contributed by atoms with Crippen LogP contribution in [0.4, 0.5) is 0 Å². The van der Waals surface area contributed by atoms with E-state index in [9.17, 15) is 0 Å². The second-order valence-corrected chi connectivity index (χ2v) is 5.93. The summed E-state index contributed by atoms with van der Waals surface area (Å²) in [6.45, 7) is 6.73. The van der Waals surface area contributed by atoms with E-state index in [2.05, 4.69) is 32.0 Å². The molecule has 1 aromatic heterocycles. The van der Waals surface area contributed by atoms with Gasteiger partial charge in [-0.3, -0.25) is 0 Å². The third kappa shape index (κ3) is 2.61. The number of rotatable bonds is 3. The van der Waals surface area contributed by atoms with E-state index in [1.165, 1.54) is 5.56 Å². The Bertz CT molecular complexity index is 528. The van der Waals surface area contributed by atoms with Crippen LogP contribution in [0.3, 0.4) is 0 Å². The molecule has 0 saturated heterocycles. The predicted molar refractivity (Wildman–Crippen MR) is 76.2 cm³/mol. The molecule has 0 aliphatic carbocycles. The van der Waals surface area contributed by atoms with Crippen LogP contribution in [0.2, 0.25) is 10.0 Å². The summed E-state index contributed by atoms with van der Waals surface area (Å²) in [6.07, 6.45) is 3.22. The number of aromatic amines is 1. The van der Waals surface area contributed by atoms with E-state index in [0.717, 1.165) is 17.3 Å². The maximum atomic E-state index is 6.17. The molecule has 1 heterocycles. The zero-order chi connectivity index (χ0) is 12.6. The van der Waals surface area contributed by atoms with Gasteiger partial charge in [0.15, 0.2) is 0 Å². The first-order valence-electron chi connectivity index (χ1n) is 5.95. The van der Waals surface area contributed by atoms with Crippen molar-refractivity contribution < 1.29 is 0 Å². The molecule has 1 nitrogen and oxygen atoms in total. The first-order valence-corrected chi connectivity index (χ1v) is 6.70. The van der Waals surface area contributed by atoms with E-state index in [1.807, 2.05) is 6.07 Å². The van der Waals surface area contributed by atoms with Gasteiger partial charge in [0.05, 0.1) is 10.5 Å². The summed E-state index contributed by atoms with van der Waals surface area (Å²) in [5.74, 6) is 1.20. The average Bonchev–Trinajstić information content (AvgIpc) is 2.59. The number of aromatic nitrogens is 1. The summed E-state index contributed by atoms with van der Waals surface area (Å²) >= 11 is 12.2. The van der Waals surface area contributed by atoms with Gasteiger partial charge in [0.1, 0.15) is 0 Å². The first-order chi connectivity index (χ1) is 7.99. The van der Waals surface area contributed by atoms with E-state index < -0.39 is 0 Å². The standard InChI is InChI=1S/C14H17Cl2N/c1-8(2)4-9(3)12-7-17-14-11(12)5-10(15)6-13(14)16/h5-9,17H,4H2,1-3H3.